The van der Waals surface area contributed by atoms with Gasteiger partial charge in [0.15, 0.2) is 0 Å². The van der Waals surface area contributed by atoms with Crippen molar-refractivity contribution in [1.29, 1.82) is 5.26 Å². The van der Waals surface area contributed by atoms with Crippen molar-refractivity contribution in [2.75, 3.05) is 20.2 Å². The Bertz CT molecular complexity index is 550. The molecular formula is C17H22N2O2. The highest BCUT2D eigenvalue weighted by molar-refractivity contribution is 5.76. The number of amides is 1. The van der Waals surface area contributed by atoms with E-state index in [-0.39, 0.29) is 11.3 Å². The average molecular weight is 286 g/mol. The Balaban J connectivity index is 1.91. The van der Waals surface area contributed by atoms with E-state index in [1.807, 2.05) is 36.1 Å². The van der Waals surface area contributed by atoms with Gasteiger partial charge in [0.2, 0.25) is 5.91 Å². The van der Waals surface area contributed by atoms with Crippen LogP contribution in [0.1, 0.15) is 31.7 Å². The summed E-state index contributed by atoms with van der Waals surface area (Å²) < 4.78 is 5.19. The van der Waals surface area contributed by atoms with Crippen molar-refractivity contribution >= 4 is 5.91 Å². The lowest BCUT2D eigenvalue weighted by Gasteiger charge is -2.36. The molecule has 1 amide bonds. The van der Waals surface area contributed by atoms with Crippen LogP contribution in [0.15, 0.2) is 24.3 Å². The first-order chi connectivity index (χ1) is 10.1. The third kappa shape index (κ3) is 3.98. The number of nitriles is 1. The Hall–Kier alpha value is -2.02. The van der Waals surface area contributed by atoms with Gasteiger partial charge < -0.3 is 9.64 Å². The summed E-state index contributed by atoms with van der Waals surface area (Å²) in [5, 5.41) is 9.21. The molecule has 112 valence electrons. The number of nitrogens with zero attached hydrogens (tertiary/aromatic N) is 2. The topological polar surface area (TPSA) is 53.3 Å². The maximum Gasteiger partial charge on any atom is 0.222 e. The van der Waals surface area contributed by atoms with Crippen LogP contribution in [0.3, 0.4) is 0 Å². The number of hydrogen-bond acceptors (Lipinski definition) is 3. The fourth-order valence-electron chi connectivity index (χ4n) is 2.78. The highest BCUT2D eigenvalue weighted by atomic mass is 16.5. The number of methoxy groups -OCH3 is 1. The highest BCUT2D eigenvalue weighted by Gasteiger charge is 2.32. The molecule has 1 heterocycles. The molecule has 0 N–H and O–H groups in total. The van der Waals surface area contributed by atoms with Gasteiger partial charge >= 0.3 is 0 Å². The summed E-state index contributed by atoms with van der Waals surface area (Å²) in [4.78, 5) is 14.2. The van der Waals surface area contributed by atoms with Crippen molar-refractivity contribution in [1.82, 2.24) is 4.90 Å². The lowest BCUT2D eigenvalue weighted by Crippen LogP contribution is -2.44. The molecule has 4 heteroatoms. The third-order valence-electron chi connectivity index (χ3n) is 4.08. The molecule has 0 radical (unpaired) electrons. The van der Waals surface area contributed by atoms with E-state index in [9.17, 15) is 10.1 Å². The molecule has 1 saturated heterocycles. The fourth-order valence-corrected chi connectivity index (χ4v) is 2.78. The molecule has 1 aromatic carbocycles. The standard InChI is InChI=1S/C17H22N2O2/c1-17(12-18)9-4-10-19(13-17)16(20)8-7-14-5-3-6-15(11-14)21-2/h3,5-6,11H,4,7-10,13H2,1-2H3. The van der Waals surface area contributed by atoms with E-state index in [0.717, 1.165) is 30.7 Å². The second kappa shape index (κ2) is 6.62. The number of ether oxygens (including phenoxy) is 1. The van der Waals surface area contributed by atoms with Crippen LogP contribution in [0.25, 0.3) is 0 Å². The van der Waals surface area contributed by atoms with Gasteiger partial charge in [-0.3, -0.25) is 4.79 Å². The van der Waals surface area contributed by atoms with E-state index in [4.69, 9.17) is 4.74 Å². The predicted octanol–water partition coefficient (Wildman–Crippen LogP) is 2.78. The normalized spacial score (nSPS) is 21.7. The Labute approximate surface area is 126 Å². The number of carbonyl (C=O) groups excluding carboxylic acids is 1. The van der Waals surface area contributed by atoms with Crippen LogP contribution in [0.2, 0.25) is 0 Å². The van der Waals surface area contributed by atoms with Crippen molar-refractivity contribution in [3.05, 3.63) is 29.8 Å². The van der Waals surface area contributed by atoms with Gasteiger partial charge in [-0.15, -0.1) is 0 Å². The van der Waals surface area contributed by atoms with Crippen LogP contribution < -0.4 is 4.74 Å². The van der Waals surface area contributed by atoms with Crippen LogP contribution in [0, 0.1) is 16.7 Å². The van der Waals surface area contributed by atoms with Crippen LogP contribution in [0.5, 0.6) is 5.75 Å². The van der Waals surface area contributed by atoms with Crippen molar-refractivity contribution in [2.24, 2.45) is 5.41 Å². The maximum absolute atomic E-state index is 12.3. The molecule has 1 aliphatic rings. The summed E-state index contributed by atoms with van der Waals surface area (Å²) in [5.41, 5.74) is 0.715. The molecule has 1 fully saturated rings. The summed E-state index contributed by atoms with van der Waals surface area (Å²) >= 11 is 0. The zero-order valence-corrected chi connectivity index (χ0v) is 12.8. The van der Waals surface area contributed by atoms with Crippen molar-refractivity contribution in [3.63, 3.8) is 0 Å². The number of rotatable bonds is 4. The molecule has 0 spiro atoms. The van der Waals surface area contributed by atoms with E-state index in [0.29, 0.717) is 19.4 Å². The van der Waals surface area contributed by atoms with E-state index in [1.165, 1.54) is 0 Å². The minimum atomic E-state index is -0.385. The molecule has 2 rings (SSSR count). The summed E-state index contributed by atoms with van der Waals surface area (Å²) in [6.07, 6.45) is 2.97. The Kier molecular flexibility index (Phi) is 4.85. The van der Waals surface area contributed by atoms with Gasteiger partial charge in [0.1, 0.15) is 5.75 Å². The third-order valence-corrected chi connectivity index (χ3v) is 4.08. The number of aryl methyl sites for hydroxylation is 1. The lowest BCUT2D eigenvalue weighted by atomic mass is 9.83. The second-order valence-electron chi connectivity index (χ2n) is 5.94. The molecular weight excluding hydrogens is 264 g/mol. The molecule has 1 aromatic rings. The number of hydrogen-bond donors (Lipinski definition) is 0. The van der Waals surface area contributed by atoms with E-state index in [2.05, 4.69) is 6.07 Å². The minimum absolute atomic E-state index is 0.138. The van der Waals surface area contributed by atoms with Crippen molar-refractivity contribution in [3.8, 4) is 11.8 Å². The first-order valence-corrected chi connectivity index (χ1v) is 7.38. The number of piperidine rings is 1. The van der Waals surface area contributed by atoms with Crippen LogP contribution in [-0.4, -0.2) is 31.0 Å². The summed E-state index contributed by atoms with van der Waals surface area (Å²) in [6, 6.07) is 10.1. The van der Waals surface area contributed by atoms with Gasteiger partial charge in [0.25, 0.3) is 0 Å². The quantitative estimate of drug-likeness (QED) is 0.855. The van der Waals surface area contributed by atoms with Crippen molar-refractivity contribution < 1.29 is 9.53 Å². The van der Waals surface area contributed by atoms with Gasteiger partial charge in [-0.1, -0.05) is 12.1 Å². The van der Waals surface area contributed by atoms with E-state index in [1.54, 1.807) is 7.11 Å². The predicted molar refractivity (Wildman–Crippen MR) is 80.8 cm³/mol. The van der Waals surface area contributed by atoms with Crippen LogP contribution in [0.4, 0.5) is 0 Å². The minimum Gasteiger partial charge on any atom is -0.497 e. The van der Waals surface area contributed by atoms with E-state index >= 15 is 0 Å². The van der Waals surface area contributed by atoms with E-state index < -0.39 is 0 Å². The molecule has 0 aliphatic carbocycles. The SMILES string of the molecule is COc1cccc(CCC(=O)N2CCCC(C)(C#N)C2)c1. The molecule has 1 aliphatic heterocycles. The maximum atomic E-state index is 12.3. The summed E-state index contributed by atoms with van der Waals surface area (Å²) in [7, 11) is 1.64. The second-order valence-corrected chi connectivity index (χ2v) is 5.94. The molecule has 1 atom stereocenters. The zero-order valence-electron chi connectivity index (χ0n) is 12.8. The number of likely N-dealkylation sites (tertiary alicyclic amines) is 1. The van der Waals surface area contributed by atoms with Gasteiger partial charge in [-0.05, 0) is 43.9 Å². The van der Waals surface area contributed by atoms with Gasteiger partial charge in [-0.25, -0.2) is 0 Å². The monoisotopic (exact) mass is 286 g/mol. The zero-order chi connectivity index (χ0) is 15.3. The first kappa shape index (κ1) is 15.4. The number of carbonyl (C=O) groups is 1. The molecule has 0 saturated carbocycles. The van der Waals surface area contributed by atoms with Crippen LogP contribution in [-0.2, 0) is 11.2 Å². The Morgan fingerprint density at radius 3 is 3.05 bits per heavy atom. The average Bonchev–Trinajstić information content (AvgIpc) is 2.53. The summed E-state index contributed by atoms with van der Waals surface area (Å²) in [6.45, 7) is 3.27. The first-order valence-electron chi connectivity index (χ1n) is 7.38. The Morgan fingerprint density at radius 1 is 1.52 bits per heavy atom. The van der Waals surface area contributed by atoms with Gasteiger partial charge in [-0.2, -0.15) is 5.26 Å². The van der Waals surface area contributed by atoms with Gasteiger partial charge in [0, 0.05) is 19.5 Å². The largest absolute Gasteiger partial charge is 0.497 e. The molecule has 21 heavy (non-hydrogen) atoms. The fraction of sp³-hybridized carbons (Fsp3) is 0.529. The molecule has 1 unspecified atom stereocenters. The van der Waals surface area contributed by atoms with Crippen molar-refractivity contribution in [2.45, 2.75) is 32.6 Å². The van der Waals surface area contributed by atoms with Crippen LogP contribution >= 0.6 is 0 Å². The molecule has 0 bridgehead atoms. The molecule has 4 nitrogen and oxygen atoms in total. The Morgan fingerprint density at radius 2 is 2.33 bits per heavy atom. The van der Waals surface area contributed by atoms with Gasteiger partial charge in [0.05, 0.1) is 18.6 Å². The smallest absolute Gasteiger partial charge is 0.222 e. The lowest BCUT2D eigenvalue weighted by molar-refractivity contribution is -0.133. The molecule has 0 aromatic heterocycles. The highest BCUT2D eigenvalue weighted by Crippen LogP contribution is 2.28. The summed E-state index contributed by atoms with van der Waals surface area (Å²) in [5.74, 6) is 0.953. The number of benzene rings is 1.